The van der Waals surface area contributed by atoms with Crippen molar-refractivity contribution >= 4 is 28.6 Å². The van der Waals surface area contributed by atoms with Crippen LogP contribution in [0.25, 0.3) is 11.2 Å². The third-order valence-corrected chi connectivity index (χ3v) is 4.24. The summed E-state index contributed by atoms with van der Waals surface area (Å²) in [5, 5.41) is 3.28. The predicted octanol–water partition coefficient (Wildman–Crippen LogP) is 2.64. The number of nitrogens with zero attached hydrogens (tertiary/aromatic N) is 5. The lowest BCUT2D eigenvalue weighted by Crippen LogP contribution is -2.26. The van der Waals surface area contributed by atoms with Crippen molar-refractivity contribution in [1.82, 2.24) is 24.9 Å². The molecule has 0 radical (unpaired) electrons. The van der Waals surface area contributed by atoms with Crippen molar-refractivity contribution in [2.45, 2.75) is 6.54 Å². The topological polar surface area (TPSA) is 99.7 Å². The molecule has 0 aliphatic rings. The Morgan fingerprint density at radius 1 is 1.07 bits per heavy atom. The maximum atomic E-state index is 12.5. The SMILES string of the molecule is CN(C(=O)c1ccncc1)c1ccc(CNc2ncnc3nc[nH]c23)cc1. The Morgan fingerprint density at radius 3 is 2.63 bits per heavy atom. The quantitative estimate of drug-likeness (QED) is 0.568. The molecule has 2 N–H and O–H groups in total. The second kappa shape index (κ2) is 7.20. The molecule has 3 aromatic heterocycles. The maximum absolute atomic E-state index is 12.5. The minimum absolute atomic E-state index is 0.0779. The van der Waals surface area contributed by atoms with Crippen molar-refractivity contribution in [3.8, 4) is 0 Å². The monoisotopic (exact) mass is 359 g/mol. The summed E-state index contributed by atoms with van der Waals surface area (Å²) in [4.78, 5) is 33.5. The van der Waals surface area contributed by atoms with E-state index in [1.165, 1.54) is 6.33 Å². The molecule has 0 bridgehead atoms. The van der Waals surface area contributed by atoms with Crippen molar-refractivity contribution in [2.75, 3.05) is 17.3 Å². The molecule has 1 amide bonds. The molecular formula is C19H17N7O. The Kier molecular flexibility index (Phi) is 4.44. The first-order chi connectivity index (χ1) is 13.2. The van der Waals surface area contributed by atoms with Gasteiger partial charge in [0.05, 0.1) is 6.33 Å². The molecule has 0 spiro atoms. The second-order valence-electron chi connectivity index (χ2n) is 5.94. The Balaban J connectivity index is 1.44. The van der Waals surface area contributed by atoms with E-state index in [0.717, 1.165) is 16.8 Å². The van der Waals surface area contributed by atoms with Crippen LogP contribution < -0.4 is 10.2 Å². The van der Waals surface area contributed by atoms with Crippen LogP contribution in [-0.2, 0) is 6.54 Å². The van der Waals surface area contributed by atoms with Crippen LogP contribution in [0.2, 0.25) is 0 Å². The normalized spacial score (nSPS) is 10.7. The fourth-order valence-corrected chi connectivity index (χ4v) is 2.73. The molecule has 0 saturated carbocycles. The number of carbonyl (C=O) groups is 1. The van der Waals surface area contributed by atoms with Gasteiger partial charge in [0, 0.05) is 37.2 Å². The first-order valence-electron chi connectivity index (χ1n) is 8.37. The molecule has 4 rings (SSSR count). The molecule has 0 aliphatic heterocycles. The summed E-state index contributed by atoms with van der Waals surface area (Å²) in [6.45, 7) is 0.591. The Hall–Kier alpha value is -3.81. The number of hydrogen-bond donors (Lipinski definition) is 2. The lowest BCUT2D eigenvalue weighted by Gasteiger charge is -2.18. The first-order valence-corrected chi connectivity index (χ1v) is 8.37. The molecule has 0 unspecified atom stereocenters. The number of carbonyl (C=O) groups excluding carboxylic acids is 1. The van der Waals surface area contributed by atoms with Gasteiger partial charge >= 0.3 is 0 Å². The van der Waals surface area contributed by atoms with Gasteiger partial charge in [-0.15, -0.1) is 0 Å². The van der Waals surface area contributed by atoms with Gasteiger partial charge in [-0.3, -0.25) is 9.78 Å². The number of amides is 1. The van der Waals surface area contributed by atoms with E-state index in [-0.39, 0.29) is 5.91 Å². The van der Waals surface area contributed by atoms with Crippen molar-refractivity contribution < 1.29 is 4.79 Å². The third kappa shape index (κ3) is 3.45. The number of H-pyrrole nitrogens is 1. The van der Waals surface area contributed by atoms with E-state index < -0.39 is 0 Å². The highest BCUT2D eigenvalue weighted by Crippen LogP contribution is 2.19. The number of benzene rings is 1. The zero-order valence-electron chi connectivity index (χ0n) is 14.6. The lowest BCUT2D eigenvalue weighted by molar-refractivity contribution is 0.0993. The van der Waals surface area contributed by atoms with Crippen LogP contribution in [0.3, 0.4) is 0 Å². The van der Waals surface area contributed by atoms with Crippen LogP contribution in [0.15, 0.2) is 61.4 Å². The largest absolute Gasteiger partial charge is 0.364 e. The molecule has 0 saturated heterocycles. The Bertz CT molecular complexity index is 1060. The van der Waals surface area contributed by atoms with Crippen molar-refractivity contribution in [2.24, 2.45) is 0 Å². The molecule has 8 nitrogen and oxygen atoms in total. The van der Waals surface area contributed by atoms with Gasteiger partial charge in [-0.05, 0) is 29.8 Å². The molecule has 3 heterocycles. The van der Waals surface area contributed by atoms with E-state index >= 15 is 0 Å². The number of rotatable bonds is 5. The third-order valence-electron chi connectivity index (χ3n) is 4.24. The van der Waals surface area contributed by atoms with Gasteiger partial charge in [0.15, 0.2) is 11.5 Å². The van der Waals surface area contributed by atoms with Crippen LogP contribution in [0.4, 0.5) is 11.5 Å². The Morgan fingerprint density at radius 2 is 1.85 bits per heavy atom. The van der Waals surface area contributed by atoms with E-state index in [4.69, 9.17) is 0 Å². The molecule has 27 heavy (non-hydrogen) atoms. The first kappa shape index (κ1) is 16.6. The molecular weight excluding hydrogens is 342 g/mol. The minimum atomic E-state index is -0.0779. The maximum Gasteiger partial charge on any atom is 0.258 e. The highest BCUT2D eigenvalue weighted by molar-refractivity contribution is 6.05. The molecule has 0 aliphatic carbocycles. The van der Waals surface area contributed by atoms with Crippen LogP contribution in [-0.4, -0.2) is 37.9 Å². The number of pyridine rings is 1. The molecule has 4 aromatic rings. The summed E-state index contributed by atoms with van der Waals surface area (Å²) in [6.07, 6.45) is 6.29. The summed E-state index contributed by atoms with van der Waals surface area (Å²) >= 11 is 0. The zero-order valence-corrected chi connectivity index (χ0v) is 14.6. The Labute approximate surface area is 155 Å². The molecule has 134 valence electrons. The van der Waals surface area contributed by atoms with Gasteiger partial charge in [-0.1, -0.05) is 12.1 Å². The fourth-order valence-electron chi connectivity index (χ4n) is 2.73. The molecule has 0 atom stereocenters. The smallest absolute Gasteiger partial charge is 0.258 e. The summed E-state index contributed by atoms with van der Waals surface area (Å²) in [6, 6.07) is 11.2. The average molecular weight is 359 g/mol. The van der Waals surface area contributed by atoms with E-state index in [1.807, 2.05) is 24.3 Å². The van der Waals surface area contributed by atoms with E-state index in [2.05, 4.69) is 30.2 Å². The zero-order chi connectivity index (χ0) is 18.6. The van der Waals surface area contributed by atoms with Gasteiger partial charge in [-0.25, -0.2) is 15.0 Å². The second-order valence-corrected chi connectivity index (χ2v) is 5.94. The van der Waals surface area contributed by atoms with Crippen LogP contribution >= 0.6 is 0 Å². The predicted molar refractivity (Wildman–Crippen MR) is 102 cm³/mol. The minimum Gasteiger partial charge on any atom is -0.364 e. The average Bonchev–Trinajstić information content (AvgIpc) is 3.22. The number of hydrogen-bond acceptors (Lipinski definition) is 6. The number of fused-ring (bicyclic) bond motifs is 1. The summed E-state index contributed by atoms with van der Waals surface area (Å²) in [5.74, 6) is 0.623. The van der Waals surface area contributed by atoms with Crippen LogP contribution in [0.5, 0.6) is 0 Å². The van der Waals surface area contributed by atoms with Gasteiger partial charge in [-0.2, -0.15) is 0 Å². The number of aromatic amines is 1. The number of anilines is 2. The highest BCUT2D eigenvalue weighted by atomic mass is 16.2. The fraction of sp³-hybridized carbons (Fsp3) is 0.105. The van der Waals surface area contributed by atoms with Crippen molar-refractivity contribution in [1.29, 1.82) is 0 Å². The van der Waals surface area contributed by atoms with Crippen LogP contribution in [0, 0.1) is 0 Å². The number of aromatic nitrogens is 5. The van der Waals surface area contributed by atoms with Crippen molar-refractivity contribution in [3.63, 3.8) is 0 Å². The van der Waals surface area contributed by atoms with Gasteiger partial charge in [0.25, 0.3) is 5.91 Å². The summed E-state index contributed by atoms with van der Waals surface area (Å²) < 4.78 is 0. The summed E-state index contributed by atoms with van der Waals surface area (Å²) in [5.41, 5.74) is 3.88. The highest BCUT2D eigenvalue weighted by Gasteiger charge is 2.13. The van der Waals surface area contributed by atoms with Gasteiger partial charge in [0.1, 0.15) is 11.8 Å². The standard InChI is InChI=1S/C19H17N7O/c1-26(19(27)14-6-8-20-9-7-14)15-4-2-13(3-5-15)10-21-17-16-18(23-11-22-16)25-12-24-17/h2-9,11-12H,10H2,1H3,(H2,21,22,23,24,25). The molecule has 0 fully saturated rings. The lowest BCUT2D eigenvalue weighted by atomic mass is 10.1. The van der Waals surface area contributed by atoms with Crippen LogP contribution in [0.1, 0.15) is 15.9 Å². The summed E-state index contributed by atoms with van der Waals surface area (Å²) in [7, 11) is 1.76. The van der Waals surface area contributed by atoms with E-state index in [0.29, 0.717) is 23.6 Å². The number of imidazole rings is 1. The number of nitrogens with one attached hydrogen (secondary N) is 2. The molecule has 8 heteroatoms. The van der Waals surface area contributed by atoms with E-state index in [1.54, 1.807) is 42.8 Å². The van der Waals surface area contributed by atoms with Gasteiger partial charge < -0.3 is 15.2 Å². The van der Waals surface area contributed by atoms with Crippen molar-refractivity contribution in [3.05, 3.63) is 72.6 Å². The van der Waals surface area contributed by atoms with Gasteiger partial charge in [0.2, 0.25) is 0 Å². The van der Waals surface area contributed by atoms with E-state index in [9.17, 15) is 4.79 Å². The molecule has 1 aromatic carbocycles.